The fourth-order valence-corrected chi connectivity index (χ4v) is 2.18. The normalized spacial score (nSPS) is 10.5. The average molecular weight is 455 g/mol. The highest BCUT2D eigenvalue weighted by atomic mass is 127. The van der Waals surface area contributed by atoms with Gasteiger partial charge in [-0.15, -0.1) is 0 Å². The molecular formula is C16H14IN3O5. The number of halogens is 1. The summed E-state index contributed by atoms with van der Waals surface area (Å²) in [6.07, 6.45) is 1.30. The molecule has 1 amide bonds. The van der Waals surface area contributed by atoms with Gasteiger partial charge in [0.15, 0.2) is 12.4 Å². The van der Waals surface area contributed by atoms with E-state index in [1.165, 1.54) is 25.5 Å². The van der Waals surface area contributed by atoms with Gasteiger partial charge >= 0.3 is 5.69 Å². The summed E-state index contributed by atoms with van der Waals surface area (Å²) in [5.74, 6) is 0.278. The minimum atomic E-state index is -0.552. The molecule has 0 aliphatic rings. The van der Waals surface area contributed by atoms with E-state index in [1.807, 2.05) is 12.1 Å². The molecule has 0 aliphatic carbocycles. The quantitative estimate of drug-likeness (QED) is 0.300. The zero-order chi connectivity index (χ0) is 18.2. The van der Waals surface area contributed by atoms with Gasteiger partial charge in [0.2, 0.25) is 0 Å². The lowest BCUT2D eigenvalue weighted by Gasteiger charge is -2.05. The molecule has 2 rings (SSSR count). The molecule has 0 saturated heterocycles. The number of ether oxygens (including phenoxy) is 2. The van der Waals surface area contributed by atoms with Crippen molar-refractivity contribution in [2.45, 2.75) is 0 Å². The van der Waals surface area contributed by atoms with Crippen molar-refractivity contribution in [3.8, 4) is 11.5 Å². The van der Waals surface area contributed by atoms with Crippen molar-refractivity contribution in [2.24, 2.45) is 5.10 Å². The number of nitro benzene ring substituents is 1. The van der Waals surface area contributed by atoms with Crippen LogP contribution in [0.1, 0.15) is 5.56 Å². The molecule has 0 aromatic heterocycles. The summed E-state index contributed by atoms with van der Waals surface area (Å²) in [6.45, 7) is -0.194. The molecule has 0 spiro atoms. The first-order chi connectivity index (χ1) is 12.0. The van der Waals surface area contributed by atoms with Gasteiger partial charge in [0.25, 0.3) is 5.91 Å². The topological polar surface area (TPSA) is 103 Å². The summed E-state index contributed by atoms with van der Waals surface area (Å²) in [4.78, 5) is 22.1. The van der Waals surface area contributed by atoms with Gasteiger partial charge in [-0.3, -0.25) is 14.9 Å². The van der Waals surface area contributed by atoms with Crippen LogP contribution in [0.15, 0.2) is 47.6 Å². The Labute approximate surface area is 157 Å². The summed E-state index contributed by atoms with van der Waals surface area (Å²) in [5, 5.41) is 14.7. The second-order valence-electron chi connectivity index (χ2n) is 4.72. The molecule has 9 heteroatoms. The van der Waals surface area contributed by atoms with E-state index < -0.39 is 10.8 Å². The van der Waals surface area contributed by atoms with Crippen LogP contribution in [0.5, 0.6) is 11.5 Å². The maximum Gasteiger partial charge on any atom is 0.311 e. The number of rotatable bonds is 7. The molecule has 0 saturated carbocycles. The molecule has 0 unspecified atom stereocenters. The van der Waals surface area contributed by atoms with Crippen molar-refractivity contribution in [1.29, 1.82) is 0 Å². The first kappa shape index (κ1) is 18.6. The standard InChI is InChI=1S/C16H14IN3O5/c1-24-15-7-2-11(8-14(15)20(22)23)9-18-19-16(21)10-25-13-5-3-12(17)4-6-13/h2-9H,10H2,1H3,(H,19,21). The van der Waals surface area contributed by atoms with Gasteiger partial charge in [-0.25, -0.2) is 5.43 Å². The number of nitro groups is 1. The Morgan fingerprint density at radius 2 is 2.04 bits per heavy atom. The smallest absolute Gasteiger partial charge is 0.311 e. The van der Waals surface area contributed by atoms with Crippen LogP contribution in [-0.2, 0) is 4.79 Å². The van der Waals surface area contributed by atoms with E-state index in [0.717, 1.165) is 3.57 Å². The summed E-state index contributed by atoms with van der Waals surface area (Å²) in [6, 6.07) is 11.6. The van der Waals surface area contributed by atoms with E-state index in [0.29, 0.717) is 11.3 Å². The Balaban J connectivity index is 1.89. The zero-order valence-corrected chi connectivity index (χ0v) is 15.3. The number of hydrogen-bond acceptors (Lipinski definition) is 6. The molecule has 0 bridgehead atoms. The average Bonchev–Trinajstić information content (AvgIpc) is 2.61. The molecule has 25 heavy (non-hydrogen) atoms. The third kappa shape index (κ3) is 5.71. The molecule has 0 atom stereocenters. The Morgan fingerprint density at radius 3 is 2.68 bits per heavy atom. The molecule has 0 radical (unpaired) electrons. The summed E-state index contributed by atoms with van der Waals surface area (Å²) < 4.78 is 11.3. The predicted molar refractivity (Wildman–Crippen MR) is 100 cm³/mol. The van der Waals surface area contributed by atoms with Gasteiger partial charge in [0, 0.05) is 15.2 Å². The Bertz CT molecular complexity index is 793. The van der Waals surface area contributed by atoms with Gasteiger partial charge in [-0.2, -0.15) is 5.10 Å². The largest absolute Gasteiger partial charge is 0.490 e. The maximum absolute atomic E-state index is 11.7. The highest BCUT2D eigenvalue weighted by molar-refractivity contribution is 14.1. The Hall–Kier alpha value is -2.69. The summed E-state index contributed by atoms with van der Waals surface area (Å²) in [5.41, 5.74) is 2.56. The maximum atomic E-state index is 11.7. The predicted octanol–water partition coefficient (Wildman–Crippen LogP) is 2.74. The van der Waals surface area contributed by atoms with Gasteiger partial charge < -0.3 is 9.47 Å². The number of hydrogen-bond donors (Lipinski definition) is 1. The fraction of sp³-hybridized carbons (Fsp3) is 0.125. The molecule has 1 N–H and O–H groups in total. The number of methoxy groups -OCH3 is 1. The SMILES string of the molecule is COc1ccc(C=NNC(=O)COc2ccc(I)cc2)cc1[N+](=O)[O-]. The molecule has 2 aromatic carbocycles. The summed E-state index contributed by atoms with van der Waals surface area (Å²) in [7, 11) is 1.35. The second-order valence-corrected chi connectivity index (χ2v) is 5.97. The molecule has 0 aliphatic heterocycles. The van der Waals surface area contributed by atoms with E-state index in [9.17, 15) is 14.9 Å². The lowest BCUT2D eigenvalue weighted by atomic mass is 10.2. The molecule has 130 valence electrons. The van der Waals surface area contributed by atoms with Gasteiger partial charge in [-0.1, -0.05) is 0 Å². The van der Waals surface area contributed by atoms with Crippen LogP contribution in [0.2, 0.25) is 0 Å². The van der Waals surface area contributed by atoms with E-state index in [2.05, 4.69) is 33.1 Å². The van der Waals surface area contributed by atoms with Crippen LogP contribution in [-0.4, -0.2) is 30.8 Å². The number of carbonyl (C=O) groups is 1. The minimum absolute atomic E-state index is 0.150. The number of nitrogens with one attached hydrogen (secondary N) is 1. The number of hydrazone groups is 1. The first-order valence-electron chi connectivity index (χ1n) is 7.02. The van der Waals surface area contributed by atoms with Crippen LogP contribution >= 0.6 is 22.6 Å². The van der Waals surface area contributed by atoms with E-state index in [-0.39, 0.29) is 18.0 Å². The zero-order valence-electron chi connectivity index (χ0n) is 13.1. The van der Waals surface area contributed by atoms with Crippen molar-refractivity contribution < 1.29 is 19.2 Å². The lowest BCUT2D eigenvalue weighted by molar-refractivity contribution is -0.385. The van der Waals surface area contributed by atoms with Crippen LogP contribution in [0, 0.1) is 13.7 Å². The third-order valence-electron chi connectivity index (χ3n) is 2.99. The van der Waals surface area contributed by atoms with Crippen molar-refractivity contribution in [2.75, 3.05) is 13.7 Å². The number of amides is 1. The van der Waals surface area contributed by atoms with Crippen LogP contribution in [0.4, 0.5) is 5.69 Å². The second kappa shape index (κ2) is 8.97. The molecule has 0 fully saturated rings. The highest BCUT2D eigenvalue weighted by Crippen LogP contribution is 2.26. The van der Waals surface area contributed by atoms with Crippen molar-refractivity contribution in [3.63, 3.8) is 0 Å². The van der Waals surface area contributed by atoms with Crippen molar-refractivity contribution >= 4 is 40.4 Å². The number of carbonyl (C=O) groups excluding carboxylic acids is 1. The van der Waals surface area contributed by atoms with Gasteiger partial charge in [0.1, 0.15) is 5.75 Å². The number of nitrogens with zero attached hydrogens (tertiary/aromatic N) is 2. The first-order valence-corrected chi connectivity index (χ1v) is 8.10. The molecular weight excluding hydrogens is 441 g/mol. The third-order valence-corrected chi connectivity index (χ3v) is 3.71. The monoisotopic (exact) mass is 455 g/mol. The van der Waals surface area contributed by atoms with Crippen LogP contribution < -0.4 is 14.9 Å². The molecule has 2 aromatic rings. The van der Waals surface area contributed by atoms with Crippen LogP contribution in [0.3, 0.4) is 0 Å². The number of benzene rings is 2. The lowest BCUT2D eigenvalue weighted by Crippen LogP contribution is -2.24. The van der Waals surface area contributed by atoms with Crippen LogP contribution in [0.25, 0.3) is 0 Å². The minimum Gasteiger partial charge on any atom is -0.490 e. The molecule has 0 heterocycles. The summed E-state index contributed by atoms with van der Waals surface area (Å²) >= 11 is 2.17. The highest BCUT2D eigenvalue weighted by Gasteiger charge is 2.14. The van der Waals surface area contributed by atoms with E-state index in [1.54, 1.807) is 18.2 Å². The van der Waals surface area contributed by atoms with Gasteiger partial charge in [-0.05, 0) is 59.0 Å². The fourth-order valence-electron chi connectivity index (χ4n) is 1.82. The van der Waals surface area contributed by atoms with E-state index in [4.69, 9.17) is 9.47 Å². The van der Waals surface area contributed by atoms with Gasteiger partial charge in [0.05, 0.1) is 18.2 Å². The molecule has 8 nitrogen and oxygen atoms in total. The van der Waals surface area contributed by atoms with Crippen molar-refractivity contribution in [3.05, 3.63) is 61.7 Å². The Morgan fingerprint density at radius 1 is 1.32 bits per heavy atom. The van der Waals surface area contributed by atoms with E-state index >= 15 is 0 Å². The Kier molecular flexibility index (Phi) is 6.69. The van der Waals surface area contributed by atoms with Crippen molar-refractivity contribution in [1.82, 2.24) is 5.43 Å².